The first kappa shape index (κ1) is 36.3. The van der Waals surface area contributed by atoms with Gasteiger partial charge in [0, 0.05) is 12.3 Å². The van der Waals surface area contributed by atoms with E-state index in [0.717, 1.165) is 23.6 Å². The topological polar surface area (TPSA) is 177 Å². The molecule has 2 heterocycles. The highest BCUT2D eigenvalue weighted by atomic mass is 32.2. The van der Waals surface area contributed by atoms with Crippen LogP contribution in [0.3, 0.4) is 0 Å². The van der Waals surface area contributed by atoms with Gasteiger partial charge in [-0.05, 0) is 82.2 Å². The lowest BCUT2D eigenvalue weighted by Crippen LogP contribution is -2.58. The second kappa shape index (κ2) is 14.3. The Balaban J connectivity index is 1.27. The van der Waals surface area contributed by atoms with Crippen molar-refractivity contribution in [2.75, 3.05) is 6.54 Å². The Bertz CT molecular complexity index is 1850. The number of fused-ring (bicyclic) bond motifs is 3. The Hall–Kier alpha value is -4.46. The smallest absolute Gasteiger partial charge is 0.408 e. The molecule has 2 aliphatic carbocycles. The first-order valence-electron chi connectivity index (χ1n) is 17.7. The maximum absolute atomic E-state index is 14.3. The monoisotopic (exact) mass is 722 g/mol. The number of sulfonamides is 1. The van der Waals surface area contributed by atoms with Gasteiger partial charge in [-0.25, -0.2) is 18.0 Å². The van der Waals surface area contributed by atoms with Crippen molar-refractivity contribution >= 4 is 50.6 Å². The molecule has 0 bridgehead atoms. The molecule has 274 valence electrons. The van der Waals surface area contributed by atoms with Gasteiger partial charge < -0.3 is 25.0 Å². The quantitative estimate of drug-likeness (QED) is 0.295. The van der Waals surface area contributed by atoms with Crippen molar-refractivity contribution in [1.82, 2.24) is 20.3 Å². The molecule has 2 saturated carbocycles. The van der Waals surface area contributed by atoms with E-state index in [9.17, 15) is 32.4 Å². The lowest BCUT2D eigenvalue weighted by Gasteiger charge is -2.30. The summed E-state index contributed by atoms with van der Waals surface area (Å²) < 4.78 is 39.0. The van der Waals surface area contributed by atoms with Gasteiger partial charge in [0.2, 0.25) is 21.8 Å². The Morgan fingerprint density at radius 2 is 1.73 bits per heavy atom. The molecule has 5 atom stereocenters. The molecule has 2 aromatic carbocycles. The van der Waals surface area contributed by atoms with Crippen LogP contribution in [0.15, 0.2) is 54.6 Å². The summed E-state index contributed by atoms with van der Waals surface area (Å²) in [5.74, 6) is -3.14. The Labute approximate surface area is 297 Å². The number of rotatable bonds is 6. The van der Waals surface area contributed by atoms with Gasteiger partial charge in [0.25, 0.3) is 5.91 Å². The van der Waals surface area contributed by atoms with Crippen LogP contribution in [0.4, 0.5) is 4.79 Å². The van der Waals surface area contributed by atoms with Crippen LogP contribution >= 0.6 is 0 Å². The normalized spacial score (nSPS) is 27.9. The molecular formula is C37H46N4O9S. The van der Waals surface area contributed by atoms with Crippen LogP contribution in [0.25, 0.3) is 10.8 Å². The average Bonchev–Trinajstić information content (AvgIpc) is 3.99. The molecule has 0 spiro atoms. The first-order valence-corrected chi connectivity index (χ1v) is 19.2. The van der Waals surface area contributed by atoms with E-state index in [1.165, 1.54) is 4.90 Å². The number of esters is 1. The van der Waals surface area contributed by atoms with E-state index < -0.39 is 80.3 Å². The van der Waals surface area contributed by atoms with E-state index in [1.54, 1.807) is 32.9 Å². The molecule has 1 saturated heterocycles. The zero-order valence-corrected chi connectivity index (χ0v) is 30.0. The van der Waals surface area contributed by atoms with Crippen molar-refractivity contribution in [3.63, 3.8) is 0 Å². The van der Waals surface area contributed by atoms with Crippen LogP contribution in [0.5, 0.6) is 0 Å². The molecule has 3 fully saturated rings. The van der Waals surface area contributed by atoms with Crippen LogP contribution in [0, 0.1) is 5.92 Å². The Kier molecular flexibility index (Phi) is 10.2. The van der Waals surface area contributed by atoms with Crippen LogP contribution in [-0.4, -0.2) is 84.2 Å². The third-order valence-corrected chi connectivity index (χ3v) is 11.6. The minimum Gasteiger partial charge on any atom is -0.457 e. The fourth-order valence-electron chi connectivity index (χ4n) is 6.83. The number of nitrogens with one attached hydrogen (secondary N) is 3. The van der Waals surface area contributed by atoms with Gasteiger partial charge in [-0.1, -0.05) is 55.3 Å². The molecule has 14 heteroatoms. The summed E-state index contributed by atoms with van der Waals surface area (Å²) in [6.07, 6.45) is 6.19. The van der Waals surface area contributed by atoms with Crippen molar-refractivity contribution in [2.24, 2.45) is 5.92 Å². The number of allylic oxidation sites excluding steroid dienone is 1. The summed E-state index contributed by atoms with van der Waals surface area (Å²) in [6, 6.07) is 10.5. The number of ether oxygens (including phenoxy) is 2. The predicted octanol–water partition coefficient (Wildman–Crippen LogP) is 3.86. The summed E-state index contributed by atoms with van der Waals surface area (Å²) in [7, 11) is -3.90. The fraction of sp³-hybridized carbons (Fsp3) is 0.541. The second-order valence-corrected chi connectivity index (χ2v) is 17.0. The maximum Gasteiger partial charge on any atom is 0.408 e. The van der Waals surface area contributed by atoms with E-state index in [-0.39, 0.29) is 25.8 Å². The summed E-state index contributed by atoms with van der Waals surface area (Å²) in [5, 5.41) is 6.65. The largest absolute Gasteiger partial charge is 0.457 e. The maximum atomic E-state index is 14.3. The summed E-state index contributed by atoms with van der Waals surface area (Å²) in [6.45, 7) is 4.99. The van der Waals surface area contributed by atoms with E-state index in [0.29, 0.717) is 31.2 Å². The zero-order chi connectivity index (χ0) is 36.6. The van der Waals surface area contributed by atoms with Gasteiger partial charge in [0.15, 0.2) is 0 Å². The van der Waals surface area contributed by atoms with Gasteiger partial charge in [-0.15, -0.1) is 0 Å². The molecule has 5 unspecified atom stereocenters. The van der Waals surface area contributed by atoms with Gasteiger partial charge in [0.1, 0.15) is 29.3 Å². The molecule has 2 aromatic rings. The number of carbonyl (C=O) groups excluding carboxylic acids is 5. The third-order valence-electron chi connectivity index (χ3n) is 9.79. The highest BCUT2D eigenvalue weighted by Crippen LogP contribution is 2.46. The van der Waals surface area contributed by atoms with Crippen LogP contribution in [0.1, 0.15) is 88.9 Å². The number of alkyl carbamates (subject to hydrolysis) is 1. The standard InChI is InChI=1S/C37H46N4O9S/c1-36(2,3)50-35(46)38-29-14-8-6-4-5-7-13-26-21-37(26,34(45)40-51(47,48)28-17-18-28)39-31(42)30-20-27(22-41(30)32(29)43)49-33(44)25-16-15-23-11-9-10-12-24(23)19-25/h7,9-13,15-16,19,26-30H,4-6,8,14,17-18,20-22H2,1-3H3,(H,38,46)(H,39,42)(H,40,45)/b13-7-. The molecule has 3 N–H and O–H groups in total. The van der Waals surface area contributed by atoms with Gasteiger partial charge >= 0.3 is 12.1 Å². The average molecular weight is 723 g/mol. The van der Waals surface area contributed by atoms with E-state index in [2.05, 4.69) is 15.4 Å². The number of hydrogen-bond acceptors (Lipinski definition) is 9. The number of carbonyl (C=O) groups is 5. The van der Waals surface area contributed by atoms with E-state index in [4.69, 9.17) is 9.47 Å². The second-order valence-electron chi connectivity index (χ2n) is 15.0. The lowest BCUT2D eigenvalue weighted by molar-refractivity contribution is -0.141. The van der Waals surface area contributed by atoms with Crippen molar-refractivity contribution in [2.45, 2.75) is 113 Å². The molecule has 4 aliphatic rings. The van der Waals surface area contributed by atoms with Crippen molar-refractivity contribution in [3.8, 4) is 0 Å². The van der Waals surface area contributed by atoms with Gasteiger partial charge in [-0.2, -0.15) is 0 Å². The summed E-state index contributed by atoms with van der Waals surface area (Å²) >= 11 is 0. The lowest BCUT2D eigenvalue weighted by atomic mass is 10.0. The third kappa shape index (κ3) is 8.54. The van der Waals surface area contributed by atoms with Crippen molar-refractivity contribution < 1.29 is 41.9 Å². The minimum absolute atomic E-state index is 0.0748. The predicted molar refractivity (Wildman–Crippen MR) is 188 cm³/mol. The minimum atomic E-state index is -3.90. The SMILES string of the molecule is CC(C)(C)OC(=O)NC1CCCCC/C=C\C2CC2(C(=O)NS(=O)(=O)C2CC2)NC(=O)C2CC(OC(=O)c3ccc4ccccc4c3)CN2C1=O. The van der Waals surface area contributed by atoms with Crippen LogP contribution < -0.4 is 15.4 Å². The van der Waals surface area contributed by atoms with Crippen LogP contribution in [0.2, 0.25) is 0 Å². The van der Waals surface area contributed by atoms with E-state index in [1.807, 2.05) is 42.5 Å². The molecule has 6 rings (SSSR count). The molecule has 51 heavy (non-hydrogen) atoms. The van der Waals surface area contributed by atoms with E-state index >= 15 is 0 Å². The zero-order valence-electron chi connectivity index (χ0n) is 29.2. The van der Waals surface area contributed by atoms with Crippen molar-refractivity contribution in [3.05, 3.63) is 60.2 Å². The molecule has 0 aromatic heterocycles. The number of amides is 4. The highest BCUT2D eigenvalue weighted by molar-refractivity contribution is 7.91. The Morgan fingerprint density at radius 3 is 2.45 bits per heavy atom. The van der Waals surface area contributed by atoms with Gasteiger partial charge in [0.05, 0.1) is 17.4 Å². The summed E-state index contributed by atoms with van der Waals surface area (Å²) in [4.78, 5) is 69.6. The fourth-order valence-corrected chi connectivity index (χ4v) is 8.20. The van der Waals surface area contributed by atoms with Gasteiger partial charge in [-0.3, -0.25) is 19.1 Å². The number of nitrogens with zero attached hydrogens (tertiary/aromatic N) is 1. The molecule has 4 amide bonds. The Morgan fingerprint density at radius 1 is 0.980 bits per heavy atom. The molecule has 13 nitrogen and oxygen atoms in total. The number of benzene rings is 2. The first-order chi connectivity index (χ1) is 24.1. The number of hydrogen-bond donors (Lipinski definition) is 3. The summed E-state index contributed by atoms with van der Waals surface area (Å²) in [5.41, 5.74) is -2.04. The molecular weight excluding hydrogens is 676 g/mol. The molecule has 2 aliphatic heterocycles. The van der Waals surface area contributed by atoms with Crippen LogP contribution in [-0.2, 0) is 33.9 Å². The molecule has 0 radical (unpaired) electrons. The highest BCUT2D eigenvalue weighted by Gasteiger charge is 2.62. The van der Waals surface area contributed by atoms with Crippen molar-refractivity contribution in [1.29, 1.82) is 0 Å².